The molecule has 4 amide bonds. The number of nitrogens with one attached hydrogen (secondary N) is 4. The van der Waals surface area contributed by atoms with Crippen molar-refractivity contribution in [3.8, 4) is 5.75 Å². The predicted molar refractivity (Wildman–Crippen MR) is 204 cm³/mol. The van der Waals surface area contributed by atoms with Crippen LogP contribution in [0.1, 0.15) is 71.0 Å². The second-order valence-corrected chi connectivity index (χ2v) is 13.8. The van der Waals surface area contributed by atoms with Crippen LogP contribution >= 0.6 is 24.2 Å². The Morgan fingerprint density at radius 2 is 1.35 bits per heavy atom. The third-order valence-corrected chi connectivity index (χ3v) is 9.24. The van der Waals surface area contributed by atoms with Crippen molar-refractivity contribution in [1.82, 2.24) is 21.3 Å². The third-order valence-electron chi connectivity index (χ3n) is 8.59. The number of nitrogens with two attached hydrogens (primary N) is 1. The van der Waals surface area contributed by atoms with Gasteiger partial charge in [-0.3, -0.25) is 24.0 Å². The number of phenols is 1. The molecule has 3 atom stereocenters. The fraction of sp³-hybridized carbons (Fsp3) is 0.541. The minimum atomic E-state index is -0.939. The summed E-state index contributed by atoms with van der Waals surface area (Å²) in [6.45, 7) is 9.58. The van der Waals surface area contributed by atoms with Crippen molar-refractivity contribution in [2.24, 2.45) is 5.73 Å². The summed E-state index contributed by atoms with van der Waals surface area (Å²) in [5.41, 5.74) is 12.8. The zero-order chi connectivity index (χ0) is 37.4. The quantitative estimate of drug-likeness (QED) is 0.0873. The van der Waals surface area contributed by atoms with E-state index in [1.165, 1.54) is 18.9 Å². The van der Waals surface area contributed by atoms with Gasteiger partial charge in [-0.05, 0) is 118 Å². The van der Waals surface area contributed by atoms with Crippen LogP contribution in [0.5, 0.6) is 5.75 Å². The summed E-state index contributed by atoms with van der Waals surface area (Å²) < 4.78 is 4.66. The van der Waals surface area contributed by atoms with Crippen molar-refractivity contribution in [3.05, 3.63) is 63.2 Å². The second kappa shape index (κ2) is 22.9. The molecule has 0 heterocycles. The molecule has 0 unspecified atom stereocenters. The SMILES string of the molecule is COC(=O)CCCCCNC(=O)[C@H](Cc1c(C)cc(C)cc1C)NC(=O)CNC(=O)[C@@H](CCSC)NC(=O)[C@H](N)Cc1c(C)cc(O)cc1C.Cl. The molecule has 7 N–H and O–H groups in total. The first kappa shape index (κ1) is 45.2. The van der Waals surface area contributed by atoms with Crippen molar-refractivity contribution < 1.29 is 33.8 Å². The van der Waals surface area contributed by atoms with Crippen molar-refractivity contribution in [1.29, 1.82) is 0 Å². The molecule has 0 saturated carbocycles. The monoisotopic (exact) mass is 749 g/mol. The second-order valence-electron chi connectivity index (χ2n) is 12.8. The summed E-state index contributed by atoms with van der Waals surface area (Å²) in [5.74, 6) is -1.51. The minimum absolute atomic E-state index is 0. The van der Waals surface area contributed by atoms with Crippen molar-refractivity contribution in [3.63, 3.8) is 0 Å². The van der Waals surface area contributed by atoms with Gasteiger partial charge in [0.15, 0.2) is 0 Å². The van der Waals surface area contributed by atoms with E-state index in [4.69, 9.17) is 5.73 Å². The fourth-order valence-corrected chi connectivity index (χ4v) is 6.35. The van der Waals surface area contributed by atoms with Gasteiger partial charge in [0.1, 0.15) is 17.8 Å². The van der Waals surface area contributed by atoms with Gasteiger partial charge < -0.3 is 36.8 Å². The topological polar surface area (TPSA) is 189 Å². The Balaban J connectivity index is 0.0000130. The number of hydrogen-bond donors (Lipinski definition) is 6. The smallest absolute Gasteiger partial charge is 0.305 e. The Hall–Kier alpha value is -3.81. The molecule has 0 aliphatic carbocycles. The number of carbonyl (C=O) groups is 5. The molecule has 14 heteroatoms. The maximum absolute atomic E-state index is 13.3. The van der Waals surface area contributed by atoms with Gasteiger partial charge in [-0.25, -0.2) is 0 Å². The van der Waals surface area contributed by atoms with Crippen LogP contribution in [-0.4, -0.2) is 85.0 Å². The molecule has 0 fully saturated rings. The number of unbranched alkanes of at least 4 members (excludes halogenated alkanes) is 2. The van der Waals surface area contributed by atoms with Crippen LogP contribution in [0.15, 0.2) is 24.3 Å². The average Bonchev–Trinajstić information content (AvgIpc) is 3.05. The summed E-state index contributed by atoms with van der Waals surface area (Å²) >= 11 is 1.51. The first-order valence-electron chi connectivity index (χ1n) is 17.0. The van der Waals surface area contributed by atoms with E-state index in [-0.39, 0.29) is 42.9 Å². The number of benzene rings is 2. The molecule has 0 bridgehead atoms. The van der Waals surface area contributed by atoms with Gasteiger partial charge in [0.2, 0.25) is 23.6 Å². The molecule has 0 saturated heterocycles. The van der Waals surface area contributed by atoms with E-state index in [1.54, 1.807) is 12.1 Å². The molecule has 0 aliphatic heterocycles. The number of methoxy groups -OCH3 is 1. The van der Waals surface area contributed by atoms with Gasteiger partial charge >= 0.3 is 5.97 Å². The maximum Gasteiger partial charge on any atom is 0.305 e. The molecule has 51 heavy (non-hydrogen) atoms. The van der Waals surface area contributed by atoms with E-state index < -0.39 is 42.4 Å². The predicted octanol–water partition coefficient (Wildman–Crippen LogP) is 3.16. The fourth-order valence-electron chi connectivity index (χ4n) is 5.88. The number of rotatable bonds is 20. The van der Waals surface area contributed by atoms with Crippen LogP contribution in [0, 0.1) is 34.6 Å². The summed E-state index contributed by atoms with van der Waals surface area (Å²) in [5, 5.41) is 20.9. The Bertz CT molecular complexity index is 1460. The lowest BCUT2D eigenvalue weighted by molar-refractivity contribution is -0.140. The van der Waals surface area contributed by atoms with Crippen molar-refractivity contribution >= 4 is 53.8 Å². The Morgan fingerprint density at radius 1 is 0.784 bits per heavy atom. The van der Waals surface area contributed by atoms with Crippen LogP contribution < -0.4 is 27.0 Å². The number of carbonyl (C=O) groups excluding carboxylic acids is 5. The van der Waals surface area contributed by atoms with Gasteiger partial charge in [-0.15, -0.1) is 12.4 Å². The molecule has 2 aromatic carbocycles. The Morgan fingerprint density at radius 3 is 1.94 bits per heavy atom. The van der Waals surface area contributed by atoms with E-state index in [2.05, 4.69) is 26.0 Å². The molecule has 0 aliphatic rings. The third kappa shape index (κ3) is 15.5. The Kier molecular flexibility index (Phi) is 20.3. The number of thioether (sulfide) groups is 1. The molecule has 12 nitrogen and oxygen atoms in total. The molecule has 0 radical (unpaired) electrons. The standard InChI is InChI=1S/C37H55N5O7S.ClH/c1-22-15-23(2)29(24(3)16-22)20-32(37(48)39-13-10-8-9-11-34(45)49-6)41-33(44)21-40-36(47)31(12-14-50-7)42-35(46)30(38)19-28-25(4)17-27(43)18-26(28)5;/h15-18,30-32,43H,8-14,19-21,38H2,1-7H3,(H,39,48)(H,40,47)(H,41,44)(H,42,46);1H/t30-,31-,32+;/m1./s1. The lowest BCUT2D eigenvalue weighted by atomic mass is 9.94. The highest BCUT2D eigenvalue weighted by Crippen LogP contribution is 2.22. The lowest BCUT2D eigenvalue weighted by Gasteiger charge is -2.23. The van der Waals surface area contributed by atoms with E-state index >= 15 is 0 Å². The van der Waals surface area contributed by atoms with Gasteiger partial charge in [-0.1, -0.05) is 24.1 Å². The van der Waals surface area contributed by atoms with Crippen LogP contribution in [0.2, 0.25) is 0 Å². The molecule has 284 valence electrons. The zero-order valence-corrected chi connectivity index (χ0v) is 32.5. The summed E-state index contributed by atoms with van der Waals surface area (Å²) in [6, 6.07) is 4.52. The molecular weight excluding hydrogens is 694 g/mol. The summed E-state index contributed by atoms with van der Waals surface area (Å²) in [6.07, 6.45) is 5.03. The van der Waals surface area contributed by atoms with E-state index in [0.717, 1.165) is 45.4 Å². The summed E-state index contributed by atoms with van der Waals surface area (Å²) in [7, 11) is 1.35. The van der Waals surface area contributed by atoms with Crippen LogP contribution in [0.25, 0.3) is 0 Å². The highest BCUT2D eigenvalue weighted by atomic mass is 35.5. The lowest BCUT2D eigenvalue weighted by Crippen LogP contribution is -2.54. The first-order valence-corrected chi connectivity index (χ1v) is 18.4. The molecule has 0 spiro atoms. The zero-order valence-electron chi connectivity index (χ0n) is 30.9. The number of halogens is 1. The molecule has 0 aromatic heterocycles. The first-order chi connectivity index (χ1) is 23.7. The van der Waals surface area contributed by atoms with Crippen molar-refractivity contribution in [2.45, 2.75) is 97.7 Å². The highest BCUT2D eigenvalue weighted by molar-refractivity contribution is 7.98. The highest BCUT2D eigenvalue weighted by Gasteiger charge is 2.27. The number of phenolic OH excluding ortho intramolecular Hbond substituents is 1. The van der Waals surface area contributed by atoms with Crippen LogP contribution in [0.4, 0.5) is 0 Å². The Labute approximate surface area is 312 Å². The number of aryl methyl sites for hydroxylation is 5. The number of aromatic hydroxyl groups is 1. The molecule has 2 rings (SSSR count). The van der Waals surface area contributed by atoms with Gasteiger partial charge in [0, 0.05) is 19.4 Å². The minimum Gasteiger partial charge on any atom is -0.508 e. The number of amides is 4. The van der Waals surface area contributed by atoms with E-state index in [1.807, 2.05) is 53.0 Å². The number of esters is 1. The maximum atomic E-state index is 13.3. The summed E-state index contributed by atoms with van der Waals surface area (Å²) in [4.78, 5) is 64.2. The number of ether oxygens (including phenoxy) is 1. The van der Waals surface area contributed by atoms with Gasteiger partial charge in [0.05, 0.1) is 19.7 Å². The largest absolute Gasteiger partial charge is 0.508 e. The van der Waals surface area contributed by atoms with E-state index in [9.17, 15) is 29.1 Å². The molecular formula is C37H56ClN5O7S. The average molecular weight is 750 g/mol. The van der Waals surface area contributed by atoms with Gasteiger partial charge in [0.25, 0.3) is 0 Å². The van der Waals surface area contributed by atoms with Gasteiger partial charge in [-0.2, -0.15) is 11.8 Å². The van der Waals surface area contributed by atoms with E-state index in [0.29, 0.717) is 38.0 Å². The normalized spacial score (nSPS) is 12.5. The number of hydrogen-bond acceptors (Lipinski definition) is 9. The van der Waals surface area contributed by atoms with Crippen LogP contribution in [-0.2, 0) is 41.6 Å². The molecule has 2 aromatic rings. The van der Waals surface area contributed by atoms with Crippen LogP contribution in [0.3, 0.4) is 0 Å². The van der Waals surface area contributed by atoms with Crippen molar-refractivity contribution in [2.75, 3.05) is 32.2 Å².